The van der Waals surface area contributed by atoms with Gasteiger partial charge in [-0.25, -0.2) is 24.0 Å². The van der Waals surface area contributed by atoms with Crippen molar-refractivity contribution >= 4 is 40.9 Å². The summed E-state index contributed by atoms with van der Waals surface area (Å²) in [5.41, 5.74) is 6.72. The van der Waals surface area contributed by atoms with E-state index in [-0.39, 0.29) is 17.5 Å². The maximum Gasteiger partial charge on any atom is 0.328 e. The van der Waals surface area contributed by atoms with Crippen LogP contribution in [0.2, 0.25) is 0 Å². The Labute approximate surface area is 258 Å². The molecule has 3 rings (SSSR count). The fourth-order valence-electron chi connectivity index (χ4n) is 3.64. The van der Waals surface area contributed by atoms with Crippen molar-refractivity contribution in [3.05, 3.63) is 34.8 Å². The molecule has 1 fully saturated rings. The summed E-state index contributed by atoms with van der Waals surface area (Å²) < 4.78 is 12.5. The van der Waals surface area contributed by atoms with Crippen molar-refractivity contribution in [3.63, 3.8) is 0 Å². The van der Waals surface area contributed by atoms with Crippen LogP contribution < -0.4 is 21.5 Å². The number of aromatic amines is 1. The molecule has 1 saturated heterocycles. The van der Waals surface area contributed by atoms with Gasteiger partial charge in [-0.3, -0.25) is 9.47 Å². The summed E-state index contributed by atoms with van der Waals surface area (Å²) in [6.45, 7) is 9.80. The molecule has 2 aromatic rings. The van der Waals surface area contributed by atoms with Crippen molar-refractivity contribution in [2.24, 2.45) is 0 Å². The van der Waals surface area contributed by atoms with Gasteiger partial charge in [0.15, 0.2) is 11.5 Å². The number of nitrogens with one attached hydrogen (secondary N) is 2. The fraction of sp³-hybridized carbons (Fsp3) is 0.519. The van der Waals surface area contributed by atoms with E-state index in [1.807, 2.05) is 0 Å². The van der Waals surface area contributed by atoms with Crippen molar-refractivity contribution in [2.75, 3.05) is 58.3 Å². The number of carboxylic acids is 4. The molecule has 0 atom stereocenters. The molecular weight excluding hydrogens is 598 g/mol. The number of unbranched alkanes of at least 4 members (excludes halogenated alkanes) is 1. The number of aromatic nitrogens is 4. The number of fused-ring (bicyclic) bond motifs is 1. The Morgan fingerprint density at radius 2 is 1.44 bits per heavy atom. The Hall–Kier alpha value is -4.81. The zero-order valence-electron chi connectivity index (χ0n) is 25.0. The number of rotatable bonds is 16. The summed E-state index contributed by atoms with van der Waals surface area (Å²) in [6, 6.07) is 0.220. The summed E-state index contributed by atoms with van der Waals surface area (Å²) in [6.07, 6.45) is 6.09. The first-order valence-electron chi connectivity index (χ1n) is 14.1. The Kier molecular flexibility index (Phi) is 18.5. The van der Waals surface area contributed by atoms with E-state index < -0.39 is 23.9 Å². The zero-order chi connectivity index (χ0) is 33.6. The van der Waals surface area contributed by atoms with Gasteiger partial charge in [0.2, 0.25) is 0 Å². The highest BCUT2D eigenvalue weighted by Gasteiger charge is 2.14. The van der Waals surface area contributed by atoms with Gasteiger partial charge in [0.05, 0.1) is 19.8 Å². The Morgan fingerprint density at radius 3 is 1.96 bits per heavy atom. The second kappa shape index (κ2) is 21.8. The maximum absolute atomic E-state index is 12.3. The average Bonchev–Trinajstić information content (AvgIpc) is 3.31. The highest BCUT2D eigenvalue weighted by molar-refractivity contribution is 5.90. The van der Waals surface area contributed by atoms with Crippen LogP contribution in [0, 0.1) is 0 Å². The second-order valence-electron chi connectivity index (χ2n) is 9.30. The molecule has 0 amide bonds. The number of hydrogen-bond donors (Lipinski definition) is 7. The van der Waals surface area contributed by atoms with Crippen molar-refractivity contribution in [3.8, 4) is 6.01 Å². The third-order valence-electron chi connectivity index (χ3n) is 5.76. The van der Waals surface area contributed by atoms with E-state index in [9.17, 15) is 24.0 Å². The second-order valence-corrected chi connectivity index (χ2v) is 9.30. The number of nitrogens with two attached hydrogens (primary N) is 1. The van der Waals surface area contributed by atoms with E-state index in [0.29, 0.717) is 48.6 Å². The van der Waals surface area contributed by atoms with Gasteiger partial charge in [-0.1, -0.05) is 13.3 Å². The largest absolute Gasteiger partial charge is 0.478 e. The molecule has 0 aliphatic carbocycles. The van der Waals surface area contributed by atoms with Crippen molar-refractivity contribution in [1.82, 2.24) is 29.7 Å². The van der Waals surface area contributed by atoms with E-state index in [2.05, 4.69) is 32.1 Å². The van der Waals surface area contributed by atoms with E-state index in [1.165, 1.54) is 0 Å². The first-order valence-corrected chi connectivity index (χ1v) is 14.1. The summed E-state index contributed by atoms with van der Waals surface area (Å²) in [5, 5.41) is 34.7. The predicted molar refractivity (Wildman–Crippen MR) is 161 cm³/mol. The molecule has 8 N–H and O–H groups in total. The number of nitrogen functional groups attached to an aromatic ring is 1. The lowest BCUT2D eigenvalue weighted by Gasteiger charge is -2.26. The van der Waals surface area contributed by atoms with Gasteiger partial charge in [-0.2, -0.15) is 9.97 Å². The number of hydrogen-bond acceptors (Lipinski definition) is 12. The van der Waals surface area contributed by atoms with Crippen LogP contribution in [0.5, 0.6) is 6.01 Å². The number of morpholine rings is 1. The van der Waals surface area contributed by atoms with Crippen LogP contribution in [-0.2, 0) is 30.5 Å². The molecule has 0 saturated carbocycles. The maximum atomic E-state index is 12.3. The number of aryl methyl sites for hydroxylation is 1. The summed E-state index contributed by atoms with van der Waals surface area (Å²) in [5.74, 6) is -4.79. The lowest BCUT2D eigenvalue weighted by molar-refractivity contribution is -0.134. The number of nitrogens with zero attached hydrogens (tertiary/aromatic N) is 4. The summed E-state index contributed by atoms with van der Waals surface area (Å²) in [7, 11) is 0. The van der Waals surface area contributed by atoms with Crippen LogP contribution in [0.15, 0.2) is 29.1 Å². The first-order chi connectivity index (χ1) is 21.4. The number of ether oxygens (including phenoxy) is 2. The van der Waals surface area contributed by atoms with Gasteiger partial charge in [-0.05, 0) is 38.9 Å². The monoisotopic (exact) mass is 639 g/mol. The van der Waals surface area contributed by atoms with Gasteiger partial charge >= 0.3 is 35.6 Å². The standard InChI is InChI=1S/C19H33N7O3.2C4H4O4/c1-2-3-12-29-18-23-16(20)15-17(24-18)26(19(27)22-15)9-5-7-21-6-4-8-25-10-13-28-14-11-25;2*5-3(6)1-2-4(7)8/h21H,2-14H2,1H3,(H,22,27)(H2,20,23,24);2*1-2H,(H,5,6)(H,7,8)/b;2*2-1-. The molecule has 18 heteroatoms. The minimum Gasteiger partial charge on any atom is -0.478 e. The molecule has 2 aromatic heterocycles. The summed E-state index contributed by atoms with van der Waals surface area (Å²) >= 11 is 0. The van der Waals surface area contributed by atoms with Crippen LogP contribution in [0.3, 0.4) is 0 Å². The zero-order valence-corrected chi connectivity index (χ0v) is 25.0. The van der Waals surface area contributed by atoms with Crippen LogP contribution in [0.1, 0.15) is 32.6 Å². The quantitative estimate of drug-likeness (QED) is 0.0940. The van der Waals surface area contributed by atoms with Crippen LogP contribution in [0.25, 0.3) is 11.2 Å². The van der Waals surface area contributed by atoms with Crippen LogP contribution in [0.4, 0.5) is 5.82 Å². The van der Waals surface area contributed by atoms with Crippen molar-refractivity contribution in [1.29, 1.82) is 0 Å². The Balaban J connectivity index is 0.000000521. The van der Waals surface area contributed by atoms with Crippen molar-refractivity contribution in [2.45, 2.75) is 39.2 Å². The molecule has 45 heavy (non-hydrogen) atoms. The SMILES string of the molecule is CCCCOc1nc(N)c2[nH]c(=O)n(CCCNCCCN3CCOCC3)c2n1.O=C(O)/C=C\C(=O)O.O=C(O)/C=C\C(=O)O. The normalized spacial score (nSPS) is 13.2. The summed E-state index contributed by atoms with van der Waals surface area (Å²) in [4.78, 5) is 64.2. The van der Waals surface area contributed by atoms with Crippen LogP contribution >= 0.6 is 0 Å². The smallest absolute Gasteiger partial charge is 0.328 e. The number of carbonyl (C=O) groups is 4. The van der Waals surface area contributed by atoms with Crippen molar-refractivity contribution < 1.29 is 49.1 Å². The molecular formula is C27H41N7O11. The fourth-order valence-corrected chi connectivity index (χ4v) is 3.64. The van der Waals surface area contributed by atoms with E-state index in [0.717, 1.165) is 71.6 Å². The molecule has 0 aromatic carbocycles. The number of H-pyrrole nitrogens is 1. The Morgan fingerprint density at radius 1 is 0.911 bits per heavy atom. The number of anilines is 1. The van der Waals surface area contributed by atoms with E-state index in [1.54, 1.807) is 4.57 Å². The van der Waals surface area contributed by atoms with Gasteiger partial charge in [-0.15, -0.1) is 0 Å². The minimum atomic E-state index is -1.26. The highest BCUT2D eigenvalue weighted by Crippen LogP contribution is 2.18. The molecule has 1 aliphatic rings. The van der Waals surface area contributed by atoms with Gasteiger partial charge in [0.25, 0.3) is 0 Å². The topological polar surface area (TPSA) is 273 Å². The molecule has 18 nitrogen and oxygen atoms in total. The lowest BCUT2D eigenvalue weighted by Crippen LogP contribution is -2.37. The molecule has 0 spiro atoms. The number of carboxylic acid groups (broad SMARTS) is 4. The third kappa shape index (κ3) is 17.2. The Bertz CT molecular complexity index is 1280. The predicted octanol–water partition coefficient (Wildman–Crippen LogP) is 0.00630. The van der Waals surface area contributed by atoms with Gasteiger partial charge in [0, 0.05) is 43.9 Å². The number of imidazole rings is 1. The molecule has 0 unspecified atom stereocenters. The first kappa shape index (κ1) is 38.2. The minimum absolute atomic E-state index is 0.220. The van der Waals surface area contributed by atoms with Crippen LogP contribution in [-0.4, -0.2) is 121 Å². The lowest BCUT2D eigenvalue weighted by atomic mass is 10.3. The average molecular weight is 640 g/mol. The number of aliphatic carboxylic acids is 4. The van der Waals surface area contributed by atoms with Gasteiger partial charge in [0.1, 0.15) is 5.52 Å². The van der Waals surface area contributed by atoms with Gasteiger partial charge < -0.3 is 45.9 Å². The molecule has 1 aliphatic heterocycles. The third-order valence-corrected chi connectivity index (χ3v) is 5.76. The highest BCUT2D eigenvalue weighted by atomic mass is 16.5. The van der Waals surface area contributed by atoms with E-state index >= 15 is 0 Å². The van der Waals surface area contributed by atoms with E-state index in [4.69, 9.17) is 35.6 Å². The molecule has 250 valence electrons. The molecule has 0 bridgehead atoms. The molecule has 3 heterocycles. The molecule has 0 radical (unpaired) electrons.